The van der Waals surface area contributed by atoms with Crippen molar-refractivity contribution in [3.05, 3.63) is 34.2 Å². The molecule has 100 valence electrons. The lowest BCUT2D eigenvalue weighted by Crippen LogP contribution is -2.16. The summed E-state index contributed by atoms with van der Waals surface area (Å²) in [5.41, 5.74) is 3.18. The molecule has 0 saturated heterocycles. The Balaban J connectivity index is 2.39. The van der Waals surface area contributed by atoms with Crippen molar-refractivity contribution in [3.63, 3.8) is 0 Å². The molecule has 0 amide bonds. The Morgan fingerprint density at radius 1 is 1.47 bits per heavy atom. The third kappa shape index (κ3) is 2.05. The number of nitrogens with zero attached hydrogens (tertiary/aromatic N) is 1. The van der Waals surface area contributed by atoms with Crippen LogP contribution in [0.25, 0.3) is 10.9 Å². The highest BCUT2D eigenvalue weighted by Crippen LogP contribution is 2.36. The predicted octanol–water partition coefficient (Wildman–Crippen LogP) is 3.53. The fourth-order valence-corrected chi connectivity index (χ4v) is 2.66. The fourth-order valence-electron chi connectivity index (χ4n) is 2.46. The van der Waals surface area contributed by atoms with Gasteiger partial charge in [0.15, 0.2) is 0 Å². The molecule has 0 radical (unpaired) electrons. The molecule has 1 aliphatic rings. The molecule has 1 aromatic heterocycles. The second-order valence-electron chi connectivity index (χ2n) is 4.50. The van der Waals surface area contributed by atoms with Crippen molar-refractivity contribution in [2.45, 2.75) is 20.0 Å². The quantitative estimate of drug-likeness (QED) is 0.914. The van der Waals surface area contributed by atoms with Crippen LogP contribution in [0.3, 0.4) is 0 Å². The lowest BCUT2D eigenvalue weighted by Gasteiger charge is -2.22. The SMILES string of the molecule is CCNc1c2c(nc3c(Cl)ccc(F)c13)CCOC2. The van der Waals surface area contributed by atoms with Gasteiger partial charge in [0, 0.05) is 18.5 Å². The Hall–Kier alpha value is -1.39. The molecule has 0 saturated carbocycles. The summed E-state index contributed by atoms with van der Waals surface area (Å²) in [7, 11) is 0. The summed E-state index contributed by atoms with van der Waals surface area (Å²) in [5, 5.41) is 4.16. The van der Waals surface area contributed by atoms with E-state index in [0.717, 1.165) is 23.4 Å². The summed E-state index contributed by atoms with van der Waals surface area (Å²) >= 11 is 6.16. The third-order valence-corrected chi connectivity index (χ3v) is 3.61. The largest absolute Gasteiger partial charge is 0.384 e. The zero-order valence-electron chi connectivity index (χ0n) is 10.6. The van der Waals surface area contributed by atoms with Crippen LogP contribution in [0.15, 0.2) is 12.1 Å². The van der Waals surface area contributed by atoms with Crippen molar-refractivity contribution >= 4 is 28.2 Å². The predicted molar refractivity (Wildman–Crippen MR) is 74.2 cm³/mol. The lowest BCUT2D eigenvalue weighted by atomic mass is 10.0. The van der Waals surface area contributed by atoms with Gasteiger partial charge in [0.05, 0.1) is 40.5 Å². The molecule has 1 N–H and O–H groups in total. The number of halogens is 2. The first-order valence-corrected chi connectivity index (χ1v) is 6.71. The van der Waals surface area contributed by atoms with E-state index in [1.165, 1.54) is 6.07 Å². The maximum Gasteiger partial charge on any atom is 0.134 e. The van der Waals surface area contributed by atoms with Gasteiger partial charge in [-0.25, -0.2) is 4.39 Å². The molecule has 0 atom stereocenters. The Labute approximate surface area is 115 Å². The molecule has 0 bridgehead atoms. The number of hydrogen-bond donors (Lipinski definition) is 1. The number of anilines is 1. The number of benzene rings is 1. The summed E-state index contributed by atoms with van der Waals surface area (Å²) in [6, 6.07) is 2.93. The molecular weight excluding hydrogens is 267 g/mol. The van der Waals surface area contributed by atoms with E-state index in [2.05, 4.69) is 10.3 Å². The van der Waals surface area contributed by atoms with Gasteiger partial charge in [0.2, 0.25) is 0 Å². The fraction of sp³-hybridized carbons (Fsp3) is 0.357. The Kier molecular flexibility index (Phi) is 3.29. The van der Waals surface area contributed by atoms with Gasteiger partial charge in [-0.1, -0.05) is 11.6 Å². The summed E-state index contributed by atoms with van der Waals surface area (Å²) in [5.74, 6) is -0.309. The van der Waals surface area contributed by atoms with Crippen molar-refractivity contribution in [1.29, 1.82) is 0 Å². The molecule has 2 aromatic rings. The van der Waals surface area contributed by atoms with Crippen LogP contribution < -0.4 is 5.32 Å². The van der Waals surface area contributed by atoms with E-state index < -0.39 is 0 Å². The Morgan fingerprint density at radius 3 is 3.11 bits per heavy atom. The summed E-state index contributed by atoms with van der Waals surface area (Å²) in [4.78, 5) is 4.53. The summed E-state index contributed by atoms with van der Waals surface area (Å²) in [6.07, 6.45) is 0.733. The van der Waals surface area contributed by atoms with Crippen molar-refractivity contribution in [3.8, 4) is 0 Å². The van der Waals surface area contributed by atoms with Crippen molar-refractivity contribution in [1.82, 2.24) is 4.98 Å². The minimum absolute atomic E-state index is 0.309. The van der Waals surface area contributed by atoms with Crippen LogP contribution in [0.4, 0.5) is 10.1 Å². The van der Waals surface area contributed by atoms with Crippen LogP contribution in [0, 0.1) is 5.82 Å². The number of pyridine rings is 1. The van der Waals surface area contributed by atoms with Crippen molar-refractivity contribution in [2.24, 2.45) is 0 Å². The van der Waals surface area contributed by atoms with Gasteiger partial charge in [0.1, 0.15) is 5.82 Å². The topological polar surface area (TPSA) is 34.2 Å². The molecule has 1 aliphatic heterocycles. The Morgan fingerprint density at radius 2 is 2.32 bits per heavy atom. The van der Waals surface area contributed by atoms with E-state index in [1.807, 2.05) is 6.92 Å². The highest BCUT2D eigenvalue weighted by molar-refractivity contribution is 6.35. The number of ether oxygens (including phenoxy) is 1. The minimum Gasteiger partial charge on any atom is -0.384 e. The monoisotopic (exact) mass is 280 g/mol. The first-order chi connectivity index (χ1) is 9.22. The van der Waals surface area contributed by atoms with Gasteiger partial charge < -0.3 is 10.1 Å². The highest BCUT2D eigenvalue weighted by Gasteiger charge is 2.21. The number of nitrogens with one attached hydrogen (secondary N) is 1. The van der Waals surface area contributed by atoms with Crippen molar-refractivity contribution in [2.75, 3.05) is 18.5 Å². The molecule has 3 rings (SSSR count). The maximum atomic E-state index is 14.1. The van der Waals surface area contributed by atoms with Crippen LogP contribution in [0.5, 0.6) is 0 Å². The molecule has 0 spiro atoms. The van der Waals surface area contributed by atoms with Gasteiger partial charge >= 0.3 is 0 Å². The number of fused-ring (bicyclic) bond motifs is 2. The molecule has 1 aromatic carbocycles. The van der Waals surface area contributed by atoms with E-state index in [0.29, 0.717) is 35.7 Å². The van der Waals surface area contributed by atoms with Gasteiger partial charge in [-0.15, -0.1) is 0 Å². The molecule has 0 aliphatic carbocycles. The standard InChI is InChI=1S/C14H14ClFN2O/c1-2-17-13-8-7-19-6-5-11(8)18-14-9(15)3-4-10(16)12(13)14/h3-4H,2,5-7H2,1H3,(H,17,18). The molecule has 5 heteroatoms. The second-order valence-corrected chi connectivity index (χ2v) is 4.90. The molecule has 3 nitrogen and oxygen atoms in total. The molecule has 0 fully saturated rings. The van der Waals surface area contributed by atoms with E-state index in [9.17, 15) is 4.39 Å². The lowest BCUT2D eigenvalue weighted by molar-refractivity contribution is 0.110. The van der Waals surface area contributed by atoms with Gasteiger partial charge in [-0.05, 0) is 19.1 Å². The minimum atomic E-state index is -0.309. The number of aromatic nitrogens is 1. The van der Waals surface area contributed by atoms with Gasteiger partial charge in [-0.3, -0.25) is 4.98 Å². The van der Waals surface area contributed by atoms with Crippen LogP contribution in [0.1, 0.15) is 18.2 Å². The van der Waals surface area contributed by atoms with E-state index in [4.69, 9.17) is 16.3 Å². The highest BCUT2D eigenvalue weighted by atomic mass is 35.5. The van der Waals surface area contributed by atoms with Gasteiger partial charge in [0.25, 0.3) is 0 Å². The smallest absolute Gasteiger partial charge is 0.134 e. The third-order valence-electron chi connectivity index (χ3n) is 3.31. The van der Waals surface area contributed by atoms with E-state index in [1.54, 1.807) is 6.07 Å². The zero-order chi connectivity index (χ0) is 13.4. The molecular formula is C14H14ClFN2O. The van der Waals surface area contributed by atoms with Crippen LogP contribution in [-0.4, -0.2) is 18.1 Å². The molecule has 19 heavy (non-hydrogen) atoms. The first kappa shape index (κ1) is 12.6. The van der Waals surface area contributed by atoms with Crippen LogP contribution in [-0.2, 0) is 17.8 Å². The number of hydrogen-bond acceptors (Lipinski definition) is 3. The van der Waals surface area contributed by atoms with Crippen LogP contribution >= 0.6 is 11.6 Å². The van der Waals surface area contributed by atoms with Crippen molar-refractivity contribution < 1.29 is 9.13 Å². The zero-order valence-corrected chi connectivity index (χ0v) is 11.4. The summed E-state index contributed by atoms with van der Waals surface area (Å²) < 4.78 is 19.6. The second kappa shape index (κ2) is 4.94. The molecule has 0 unspecified atom stereocenters. The van der Waals surface area contributed by atoms with E-state index >= 15 is 0 Å². The normalized spacial score (nSPS) is 14.5. The average Bonchev–Trinajstić information content (AvgIpc) is 2.43. The Bertz CT molecular complexity index is 645. The first-order valence-electron chi connectivity index (χ1n) is 6.33. The molecule has 2 heterocycles. The maximum absolute atomic E-state index is 14.1. The van der Waals surface area contributed by atoms with Crippen LogP contribution in [0.2, 0.25) is 5.02 Å². The summed E-state index contributed by atoms with van der Waals surface area (Å²) in [6.45, 7) is 3.79. The average molecular weight is 281 g/mol. The van der Waals surface area contributed by atoms with Gasteiger partial charge in [-0.2, -0.15) is 0 Å². The van der Waals surface area contributed by atoms with E-state index in [-0.39, 0.29) is 5.82 Å². The number of rotatable bonds is 2.